The van der Waals surface area contributed by atoms with Crippen LogP contribution in [0.1, 0.15) is 13.8 Å². The standard InChI is InChI=1S/C4H10FNOS/c1-4(2,3-5)8(6)7/h3,6H2,1-2H3. The molecule has 0 aliphatic rings. The first-order valence-electron chi connectivity index (χ1n) is 2.23. The van der Waals surface area contributed by atoms with Gasteiger partial charge in [-0.3, -0.25) is 0 Å². The third-order valence-corrected chi connectivity index (χ3v) is 2.06. The first kappa shape index (κ1) is 8.20. The number of hydrogen-bond acceptors (Lipinski definition) is 2. The zero-order valence-electron chi connectivity index (χ0n) is 4.98. The smallest absolute Gasteiger partial charge is 0.167 e. The van der Waals surface area contributed by atoms with Gasteiger partial charge in [0.1, 0.15) is 6.67 Å². The van der Waals surface area contributed by atoms with Gasteiger partial charge in [0.2, 0.25) is 0 Å². The minimum absolute atomic E-state index is 0.643. The van der Waals surface area contributed by atoms with Crippen LogP contribution in [0.15, 0.2) is 0 Å². The van der Waals surface area contributed by atoms with E-state index >= 15 is 0 Å². The van der Waals surface area contributed by atoms with Crippen LogP contribution in [0.5, 0.6) is 0 Å². The Hall–Kier alpha value is 0.200. The van der Waals surface area contributed by atoms with E-state index in [1.165, 1.54) is 13.8 Å². The van der Waals surface area contributed by atoms with E-state index in [-0.39, 0.29) is 0 Å². The third-order valence-electron chi connectivity index (χ3n) is 0.866. The number of nitrogens with two attached hydrogens (primary N) is 1. The van der Waals surface area contributed by atoms with E-state index in [1.807, 2.05) is 0 Å². The molecule has 0 aromatic heterocycles. The van der Waals surface area contributed by atoms with Crippen molar-refractivity contribution in [2.45, 2.75) is 18.6 Å². The van der Waals surface area contributed by atoms with E-state index in [2.05, 4.69) is 0 Å². The van der Waals surface area contributed by atoms with Crippen molar-refractivity contribution in [3.05, 3.63) is 0 Å². The van der Waals surface area contributed by atoms with Gasteiger partial charge in [0.05, 0.1) is 0 Å². The highest BCUT2D eigenvalue weighted by Crippen LogP contribution is 2.12. The minimum atomic E-state index is -1.55. The largest absolute Gasteiger partial charge is 0.598 e. The van der Waals surface area contributed by atoms with Crippen molar-refractivity contribution in [2.75, 3.05) is 6.67 Å². The minimum Gasteiger partial charge on any atom is -0.598 e. The van der Waals surface area contributed by atoms with Gasteiger partial charge >= 0.3 is 0 Å². The first-order chi connectivity index (χ1) is 3.50. The molecule has 4 heteroatoms. The third kappa shape index (κ3) is 1.98. The van der Waals surface area contributed by atoms with Gasteiger partial charge in [-0.05, 0) is 13.8 Å². The number of rotatable bonds is 2. The molecule has 0 aromatic carbocycles. The molecule has 0 spiro atoms. The van der Waals surface area contributed by atoms with Crippen LogP contribution in [-0.4, -0.2) is 16.0 Å². The molecule has 0 fully saturated rings. The van der Waals surface area contributed by atoms with E-state index in [0.717, 1.165) is 0 Å². The van der Waals surface area contributed by atoms with Crippen LogP contribution in [-0.2, 0) is 11.4 Å². The molecule has 0 aliphatic carbocycles. The number of halogens is 1. The molecule has 1 atom stereocenters. The highest BCUT2D eigenvalue weighted by Gasteiger charge is 2.29. The van der Waals surface area contributed by atoms with Crippen LogP contribution < -0.4 is 5.14 Å². The van der Waals surface area contributed by atoms with Crippen molar-refractivity contribution in [1.29, 1.82) is 0 Å². The lowest BCUT2D eigenvalue weighted by Crippen LogP contribution is -2.39. The summed E-state index contributed by atoms with van der Waals surface area (Å²) in [6.07, 6.45) is 0. The maximum absolute atomic E-state index is 11.7. The molecule has 0 aromatic rings. The fourth-order valence-electron chi connectivity index (χ4n) is 0.0538. The van der Waals surface area contributed by atoms with Crippen molar-refractivity contribution in [3.63, 3.8) is 0 Å². The van der Waals surface area contributed by atoms with E-state index in [0.29, 0.717) is 0 Å². The Morgan fingerprint density at radius 2 is 2.12 bits per heavy atom. The Balaban J connectivity index is 3.71. The number of hydrogen-bond donors (Lipinski definition) is 1. The molecule has 0 heterocycles. The summed E-state index contributed by atoms with van der Waals surface area (Å²) in [5.74, 6) is 0. The van der Waals surface area contributed by atoms with Crippen LogP contribution in [0, 0.1) is 0 Å². The second kappa shape index (κ2) is 2.66. The highest BCUT2D eigenvalue weighted by molar-refractivity contribution is 7.90. The molecule has 0 amide bonds. The summed E-state index contributed by atoms with van der Waals surface area (Å²) in [4.78, 5) is 0. The van der Waals surface area contributed by atoms with Gasteiger partial charge in [-0.2, -0.15) is 5.14 Å². The van der Waals surface area contributed by atoms with Crippen LogP contribution in [0.4, 0.5) is 4.39 Å². The second-order valence-electron chi connectivity index (χ2n) is 2.19. The number of alkyl halides is 1. The van der Waals surface area contributed by atoms with Gasteiger partial charge in [-0.25, -0.2) is 4.39 Å². The monoisotopic (exact) mass is 139 g/mol. The Labute approximate surface area is 51.6 Å². The highest BCUT2D eigenvalue weighted by atomic mass is 32.2. The summed E-state index contributed by atoms with van der Waals surface area (Å²) in [7, 11) is 0. The van der Waals surface area contributed by atoms with E-state index < -0.39 is 22.8 Å². The summed E-state index contributed by atoms with van der Waals surface area (Å²) < 4.78 is 21.2. The van der Waals surface area contributed by atoms with Gasteiger partial charge in [0, 0.05) is 11.4 Å². The topological polar surface area (TPSA) is 49.1 Å². The summed E-state index contributed by atoms with van der Waals surface area (Å²) in [6, 6.07) is 0. The normalized spacial score (nSPS) is 16.1. The summed E-state index contributed by atoms with van der Waals surface area (Å²) in [5, 5.41) is 4.91. The predicted molar refractivity (Wildman–Crippen MR) is 32.4 cm³/mol. The fraction of sp³-hybridized carbons (Fsp3) is 1.00. The van der Waals surface area contributed by atoms with Crippen molar-refractivity contribution in [3.8, 4) is 0 Å². The van der Waals surface area contributed by atoms with Crippen molar-refractivity contribution in [1.82, 2.24) is 0 Å². The van der Waals surface area contributed by atoms with Gasteiger partial charge in [0.25, 0.3) is 0 Å². The Kier molecular flexibility index (Phi) is 2.73. The molecule has 0 aliphatic heterocycles. The van der Waals surface area contributed by atoms with Crippen LogP contribution in [0.3, 0.4) is 0 Å². The lowest BCUT2D eigenvalue weighted by molar-refractivity contribution is 0.410. The Morgan fingerprint density at radius 3 is 2.12 bits per heavy atom. The molecule has 1 unspecified atom stereocenters. The molecule has 0 rings (SSSR count). The van der Waals surface area contributed by atoms with E-state index in [9.17, 15) is 8.94 Å². The maximum atomic E-state index is 11.7. The van der Waals surface area contributed by atoms with Gasteiger partial charge in [0.15, 0.2) is 4.75 Å². The Bertz CT molecular complexity index is 76.4. The van der Waals surface area contributed by atoms with Crippen LogP contribution in [0.2, 0.25) is 0 Å². The molecular formula is C4H10FNOS. The van der Waals surface area contributed by atoms with Crippen LogP contribution in [0.25, 0.3) is 0 Å². The predicted octanol–water partition coefficient (Wildman–Crippen LogP) is 0.357. The van der Waals surface area contributed by atoms with Gasteiger partial charge in [-0.15, -0.1) is 0 Å². The average Bonchev–Trinajstić information content (AvgIpc) is 1.67. The average molecular weight is 139 g/mol. The van der Waals surface area contributed by atoms with Crippen LogP contribution >= 0.6 is 0 Å². The lowest BCUT2D eigenvalue weighted by Gasteiger charge is -2.19. The van der Waals surface area contributed by atoms with Gasteiger partial charge in [-0.1, -0.05) is 0 Å². The molecule has 0 bridgehead atoms. The second-order valence-corrected chi connectivity index (χ2v) is 3.89. The SMILES string of the molecule is CC(C)(CF)[S+](N)[O-]. The molecule has 50 valence electrons. The van der Waals surface area contributed by atoms with E-state index in [4.69, 9.17) is 5.14 Å². The summed E-state index contributed by atoms with van der Waals surface area (Å²) in [6.45, 7) is 2.39. The molecule has 0 saturated carbocycles. The molecular weight excluding hydrogens is 129 g/mol. The van der Waals surface area contributed by atoms with E-state index in [1.54, 1.807) is 0 Å². The molecule has 0 saturated heterocycles. The first-order valence-corrected chi connectivity index (χ1v) is 3.44. The molecule has 8 heavy (non-hydrogen) atoms. The molecule has 2 nitrogen and oxygen atoms in total. The molecule has 2 N–H and O–H groups in total. The quantitative estimate of drug-likeness (QED) is 0.561. The zero-order valence-corrected chi connectivity index (χ0v) is 5.80. The summed E-state index contributed by atoms with van der Waals surface area (Å²) in [5.41, 5.74) is 0. The Morgan fingerprint density at radius 1 is 1.75 bits per heavy atom. The fourth-order valence-corrected chi connectivity index (χ4v) is 0.161. The maximum Gasteiger partial charge on any atom is 0.167 e. The van der Waals surface area contributed by atoms with Crippen molar-refractivity contribution in [2.24, 2.45) is 5.14 Å². The zero-order chi connectivity index (χ0) is 6.78. The molecule has 0 radical (unpaired) electrons. The summed E-state index contributed by atoms with van der Waals surface area (Å²) >= 11 is -1.55. The van der Waals surface area contributed by atoms with Crippen molar-refractivity contribution >= 4 is 11.4 Å². The van der Waals surface area contributed by atoms with Gasteiger partial charge < -0.3 is 4.55 Å². The lowest BCUT2D eigenvalue weighted by atomic mass is 10.2. The van der Waals surface area contributed by atoms with Crippen molar-refractivity contribution < 1.29 is 8.94 Å².